The minimum absolute atomic E-state index is 0.00815. The van der Waals surface area contributed by atoms with Crippen molar-refractivity contribution < 1.29 is 19.1 Å². The summed E-state index contributed by atoms with van der Waals surface area (Å²) in [6.07, 6.45) is 3.51. The Balaban J connectivity index is 1.47. The highest BCUT2D eigenvalue weighted by atomic mass is 16.5. The molecule has 4 rings (SSSR count). The fourth-order valence-electron chi connectivity index (χ4n) is 3.47. The van der Waals surface area contributed by atoms with Gasteiger partial charge in [-0.25, -0.2) is 4.68 Å². The van der Waals surface area contributed by atoms with Crippen molar-refractivity contribution in [2.45, 2.75) is 32.0 Å². The van der Waals surface area contributed by atoms with Crippen LogP contribution in [0.15, 0.2) is 30.6 Å². The predicted octanol–water partition coefficient (Wildman–Crippen LogP) is 0.348. The third-order valence-corrected chi connectivity index (χ3v) is 5.34. The summed E-state index contributed by atoms with van der Waals surface area (Å²) >= 11 is 0. The first-order valence-corrected chi connectivity index (χ1v) is 10.1. The van der Waals surface area contributed by atoms with Crippen LogP contribution in [0.3, 0.4) is 0 Å². The summed E-state index contributed by atoms with van der Waals surface area (Å²) in [6.45, 7) is 1.92. The fourth-order valence-corrected chi connectivity index (χ4v) is 3.47. The molecule has 10 nitrogen and oxygen atoms in total. The average Bonchev–Trinajstić information content (AvgIpc) is 3.47. The number of nitrogens with zero attached hydrogens (tertiary/aromatic N) is 6. The Hall–Kier alpha value is -3.01. The molecular formula is C20H26N6O4. The topological polar surface area (TPSA) is 103 Å². The number of amides is 2. The van der Waals surface area contributed by atoms with Crippen molar-refractivity contribution >= 4 is 11.8 Å². The van der Waals surface area contributed by atoms with Crippen LogP contribution in [0, 0.1) is 5.92 Å². The molecule has 1 aromatic carbocycles. The van der Waals surface area contributed by atoms with Crippen molar-refractivity contribution in [3.8, 4) is 5.75 Å². The summed E-state index contributed by atoms with van der Waals surface area (Å²) in [5.74, 6) is 1.02. The lowest BCUT2D eigenvalue weighted by Crippen LogP contribution is -2.41. The summed E-state index contributed by atoms with van der Waals surface area (Å²) in [7, 11) is 1.62. The lowest BCUT2D eigenvalue weighted by molar-refractivity contribution is -0.139. The SMILES string of the molecule is COc1cccc(CN2C[C@H](OCC3CC3)CN(C(=O)Cn3cnnn3)CC2=O)c1. The molecule has 1 aromatic heterocycles. The van der Waals surface area contributed by atoms with E-state index in [1.807, 2.05) is 24.3 Å². The first-order valence-electron chi connectivity index (χ1n) is 10.1. The Kier molecular flexibility index (Phi) is 6.22. The third-order valence-electron chi connectivity index (χ3n) is 5.34. The molecule has 0 bridgehead atoms. The van der Waals surface area contributed by atoms with Crippen LogP contribution in [0.2, 0.25) is 0 Å². The first kappa shape index (κ1) is 20.3. The predicted molar refractivity (Wildman–Crippen MR) is 105 cm³/mol. The van der Waals surface area contributed by atoms with Crippen molar-refractivity contribution in [2.75, 3.05) is 33.4 Å². The number of carbonyl (C=O) groups excluding carboxylic acids is 2. The van der Waals surface area contributed by atoms with E-state index in [9.17, 15) is 9.59 Å². The highest BCUT2D eigenvalue weighted by molar-refractivity contribution is 5.85. The molecule has 160 valence electrons. The zero-order valence-electron chi connectivity index (χ0n) is 17.0. The second-order valence-electron chi connectivity index (χ2n) is 7.81. The van der Waals surface area contributed by atoms with Gasteiger partial charge in [-0.3, -0.25) is 9.59 Å². The Morgan fingerprint density at radius 2 is 2.13 bits per heavy atom. The lowest BCUT2D eigenvalue weighted by Gasteiger charge is -2.25. The fraction of sp³-hybridized carbons (Fsp3) is 0.550. The largest absolute Gasteiger partial charge is 0.497 e. The van der Waals surface area contributed by atoms with Gasteiger partial charge in [-0.15, -0.1) is 5.10 Å². The summed E-state index contributed by atoms with van der Waals surface area (Å²) in [5.41, 5.74) is 0.970. The van der Waals surface area contributed by atoms with E-state index >= 15 is 0 Å². The van der Waals surface area contributed by atoms with Crippen LogP contribution < -0.4 is 4.74 Å². The number of hydrogen-bond donors (Lipinski definition) is 0. The number of rotatable bonds is 8. The maximum atomic E-state index is 13.0. The molecule has 2 amide bonds. The number of methoxy groups -OCH3 is 1. The Morgan fingerprint density at radius 3 is 2.87 bits per heavy atom. The van der Waals surface area contributed by atoms with Crippen molar-refractivity contribution in [1.29, 1.82) is 0 Å². The highest BCUT2D eigenvalue weighted by Crippen LogP contribution is 2.29. The molecule has 1 saturated heterocycles. The average molecular weight is 414 g/mol. The quantitative estimate of drug-likeness (QED) is 0.614. The Morgan fingerprint density at radius 1 is 1.27 bits per heavy atom. The van der Waals surface area contributed by atoms with Crippen LogP contribution in [0.4, 0.5) is 0 Å². The molecular weight excluding hydrogens is 388 g/mol. The van der Waals surface area contributed by atoms with Gasteiger partial charge in [0, 0.05) is 26.2 Å². The van der Waals surface area contributed by atoms with Crippen molar-refractivity contribution in [1.82, 2.24) is 30.0 Å². The van der Waals surface area contributed by atoms with Gasteiger partial charge in [0.1, 0.15) is 18.6 Å². The van der Waals surface area contributed by atoms with E-state index in [-0.39, 0.29) is 31.0 Å². The van der Waals surface area contributed by atoms with E-state index in [2.05, 4.69) is 15.5 Å². The zero-order valence-corrected chi connectivity index (χ0v) is 17.0. The normalized spacial score (nSPS) is 19.6. The second-order valence-corrected chi connectivity index (χ2v) is 7.81. The molecule has 2 fully saturated rings. The third kappa shape index (κ3) is 5.32. The van der Waals surface area contributed by atoms with Crippen LogP contribution in [0.1, 0.15) is 18.4 Å². The van der Waals surface area contributed by atoms with Crippen LogP contribution in [-0.2, 0) is 27.4 Å². The van der Waals surface area contributed by atoms with Crippen molar-refractivity contribution in [3.05, 3.63) is 36.2 Å². The molecule has 1 aliphatic carbocycles. The molecule has 1 atom stereocenters. The molecule has 1 aliphatic heterocycles. The van der Waals surface area contributed by atoms with Crippen molar-refractivity contribution in [3.63, 3.8) is 0 Å². The van der Waals surface area contributed by atoms with Gasteiger partial charge in [-0.2, -0.15) is 0 Å². The second kappa shape index (κ2) is 9.21. The van der Waals surface area contributed by atoms with E-state index in [1.54, 1.807) is 16.9 Å². The van der Waals surface area contributed by atoms with Gasteiger partial charge in [0.05, 0.1) is 19.8 Å². The maximum absolute atomic E-state index is 13.0. The number of hydrogen-bond acceptors (Lipinski definition) is 7. The monoisotopic (exact) mass is 414 g/mol. The Bertz CT molecular complexity index is 870. The molecule has 0 N–H and O–H groups in total. The summed E-state index contributed by atoms with van der Waals surface area (Å²) in [6, 6.07) is 7.65. The van der Waals surface area contributed by atoms with Gasteiger partial charge in [0.15, 0.2) is 0 Å². The summed E-state index contributed by atoms with van der Waals surface area (Å²) in [5, 5.41) is 10.8. The van der Waals surface area contributed by atoms with Gasteiger partial charge in [0.25, 0.3) is 0 Å². The standard InChI is InChI=1S/C20H26N6O4/c1-29-17-4-2-3-16(7-17)8-24-9-18(30-13-15-5-6-15)10-25(11-19(24)27)20(28)12-26-14-21-22-23-26/h2-4,7,14-15,18H,5-6,8-13H2,1H3/t18-/m0/s1. The van der Waals surface area contributed by atoms with E-state index in [0.717, 1.165) is 11.3 Å². The minimum atomic E-state index is -0.236. The molecule has 2 aliphatic rings. The molecule has 0 unspecified atom stereocenters. The molecule has 10 heteroatoms. The van der Waals surface area contributed by atoms with Crippen LogP contribution in [0.5, 0.6) is 5.75 Å². The van der Waals surface area contributed by atoms with Gasteiger partial charge >= 0.3 is 0 Å². The number of aromatic nitrogens is 4. The number of ether oxygens (including phenoxy) is 2. The molecule has 30 heavy (non-hydrogen) atoms. The summed E-state index contributed by atoms with van der Waals surface area (Å²) < 4.78 is 12.7. The van der Waals surface area contributed by atoms with E-state index in [1.165, 1.54) is 23.9 Å². The van der Waals surface area contributed by atoms with Crippen molar-refractivity contribution in [2.24, 2.45) is 5.92 Å². The molecule has 2 heterocycles. The van der Waals surface area contributed by atoms with E-state index in [0.29, 0.717) is 32.2 Å². The lowest BCUT2D eigenvalue weighted by atomic mass is 10.2. The number of benzene rings is 1. The van der Waals surface area contributed by atoms with Gasteiger partial charge < -0.3 is 19.3 Å². The van der Waals surface area contributed by atoms with Gasteiger partial charge in [-0.1, -0.05) is 12.1 Å². The number of carbonyl (C=O) groups is 2. The summed E-state index contributed by atoms with van der Waals surface area (Å²) in [4.78, 5) is 29.1. The molecule has 1 saturated carbocycles. The van der Waals surface area contributed by atoms with Crippen LogP contribution in [0.25, 0.3) is 0 Å². The minimum Gasteiger partial charge on any atom is -0.497 e. The van der Waals surface area contributed by atoms with Crippen LogP contribution >= 0.6 is 0 Å². The van der Waals surface area contributed by atoms with Gasteiger partial charge in [0.2, 0.25) is 11.8 Å². The van der Waals surface area contributed by atoms with Crippen LogP contribution in [-0.4, -0.2) is 81.3 Å². The smallest absolute Gasteiger partial charge is 0.245 e. The van der Waals surface area contributed by atoms with E-state index < -0.39 is 0 Å². The molecule has 0 spiro atoms. The molecule has 0 radical (unpaired) electrons. The number of tetrazole rings is 1. The van der Waals surface area contributed by atoms with E-state index in [4.69, 9.17) is 9.47 Å². The maximum Gasteiger partial charge on any atom is 0.245 e. The molecule has 2 aromatic rings. The van der Waals surface area contributed by atoms with Gasteiger partial charge in [-0.05, 0) is 46.9 Å². The highest BCUT2D eigenvalue weighted by Gasteiger charge is 2.32. The first-order chi connectivity index (χ1) is 14.6. The zero-order chi connectivity index (χ0) is 20.9. The Labute approximate surface area is 174 Å².